The zero-order valence-corrected chi connectivity index (χ0v) is 18.6. The van der Waals surface area contributed by atoms with Crippen molar-refractivity contribution in [3.05, 3.63) is 41.5 Å². The van der Waals surface area contributed by atoms with Gasteiger partial charge >= 0.3 is 0 Å². The first-order valence-corrected chi connectivity index (χ1v) is 12.7. The maximum Gasteiger partial charge on any atom is 0.277 e. The molecule has 0 radical (unpaired) electrons. The molecule has 31 heavy (non-hydrogen) atoms. The van der Waals surface area contributed by atoms with Gasteiger partial charge in [0.05, 0.1) is 17.3 Å². The first-order chi connectivity index (χ1) is 14.9. The van der Waals surface area contributed by atoms with Gasteiger partial charge in [-0.05, 0) is 30.4 Å². The molecule has 2 aromatic heterocycles. The molecule has 3 N–H and O–H groups in total. The van der Waals surface area contributed by atoms with Crippen molar-refractivity contribution in [1.82, 2.24) is 25.1 Å². The van der Waals surface area contributed by atoms with E-state index in [1.165, 1.54) is 11.8 Å². The van der Waals surface area contributed by atoms with Gasteiger partial charge in [-0.3, -0.25) is 0 Å². The molecule has 1 atom stereocenters. The fraction of sp³-hybridized carbons (Fsp3) is 0.421. The third-order valence-electron chi connectivity index (χ3n) is 4.91. The minimum absolute atomic E-state index is 0.0336. The zero-order chi connectivity index (χ0) is 21.8. The molecule has 4 rings (SSSR count). The molecule has 1 fully saturated rings. The summed E-state index contributed by atoms with van der Waals surface area (Å²) < 4.78 is 28.8. The molecule has 1 aromatic carbocycles. The number of anilines is 3. The number of aromatic nitrogens is 5. The summed E-state index contributed by atoms with van der Waals surface area (Å²) in [5.74, 6) is 2.23. The minimum Gasteiger partial charge on any atom is -0.416 e. The highest BCUT2D eigenvalue weighted by atomic mass is 32.2. The molecule has 10 nitrogen and oxygen atoms in total. The first kappa shape index (κ1) is 21.5. The van der Waals surface area contributed by atoms with E-state index < -0.39 is 9.84 Å². The van der Waals surface area contributed by atoms with Gasteiger partial charge in [0.1, 0.15) is 5.82 Å². The average molecular weight is 462 g/mol. The molecule has 0 bridgehead atoms. The van der Waals surface area contributed by atoms with Crippen LogP contribution in [0.25, 0.3) is 0 Å². The standard InChI is InChI=1S/C19H23N7O3S2/c1-2-13-5-3-4-6-14(13)21-18-23-15(22-17(20)24-18)10-30-19-26-25-16(29-19)9-12-7-8-31(27,28)11-12/h3-6,12H,2,7-11H2,1H3,(H3,20,21,22,23,24)/t12-/m1/s1. The zero-order valence-electron chi connectivity index (χ0n) is 17.0. The van der Waals surface area contributed by atoms with Crippen molar-refractivity contribution < 1.29 is 12.8 Å². The second kappa shape index (κ2) is 9.18. The number of hydrogen-bond donors (Lipinski definition) is 2. The second-order valence-electron chi connectivity index (χ2n) is 7.29. The van der Waals surface area contributed by atoms with Crippen LogP contribution in [-0.4, -0.2) is 45.1 Å². The van der Waals surface area contributed by atoms with Crippen LogP contribution in [0, 0.1) is 5.92 Å². The van der Waals surface area contributed by atoms with Gasteiger partial charge in [0.2, 0.25) is 17.8 Å². The minimum atomic E-state index is -2.93. The number of aryl methyl sites for hydroxylation is 1. The van der Waals surface area contributed by atoms with Crippen LogP contribution < -0.4 is 11.1 Å². The summed E-state index contributed by atoms with van der Waals surface area (Å²) in [6, 6.07) is 7.93. The highest BCUT2D eigenvalue weighted by Gasteiger charge is 2.29. The third kappa shape index (κ3) is 5.70. The Bertz CT molecular complexity index is 1170. The second-order valence-corrected chi connectivity index (χ2v) is 10.4. The lowest BCUT2D eigenvalue weighted by Crippen LogP contribution is -2.07. The Labute approximate surface area is 184 Å². The fourth-order valence-electron chi connectivity index (χ4n) is 3.41. The Morgan fingerprint density at radius 1 is 1.23 bits per heavy atom. The van der Waals surface area contributed by atoms with Gasteiger partial charge in [-0.2, -0.15) is 15.0 Å². The molecule has 1 aliphatic heterocycles. The molecule has 164 valence electrons. The monoisotopic (exact) mass is 461 g/mol. The van der Waals surface area contributed by atoms with Crippen molar-refractivity contribution in [2.75, 3.05) is 22.6 Å². The normalized spacial score (nSPS) is 17.6. The number of benzene rings is 1. The number of nitrogen functional groups attached to an aromatic ring is 1. The molecule has 0 saturated carbocycles. The molecule has 1 aliphatic rings. The van der Waals surface area contributed by atoms with E-state index in [9.17, 15) is 8.42 Å². The summed E-state index contributed by atoms with van der Waals surface area (Å²) in [7, 11) is -2.93. The third-order valence-corrected chi connectivity index (χ3v) is 7.56. The lowest BCUT2D eigenvalue weighted by Gasteiger charge is -2.10. The predicted octanol–water partition coefficient (Wildman–Crippen LogP) is 2.41. The number of thioether (sulfide) groups is 1. The van der Waals surface area contributed by atoms with Gasteiger partial charge in [0.25, 0.3) is 5.22 Å². The molecule has 3 aromatic rings. The number of nitrogens with zero attached hydrogens (tertiary/aromatic N) is 5. The van der Waals surface area contributed by atoms with Crippen LogP contribution in [0.2, 0.25) is 0 Å². The van der Waals surface area contributed by atoms with Crippen LogP contribution in [0.3, 0.4) is 0 Å². The SMILES string of the molecule is CCc1ccccc1Nc1nc(N)nc(CSc2nnc(C[C@H]3CCS(=O)(=O)C3)o2)n1. The van der Waals surface area contributed by atoms with Crippen LogP contribution in [-0.2, 0) is 28.4 Å². The van der Waals surface area contributed by atoms with E-state index in [1.807, 2.05) is 24.3 Å². The smallest absolute Gasteiger partial charge is 0.277 e. The van der Waals surface area contributed by atoms with Gasteiger partial charge in [-0.1, -0.05) is 36.9 Å². The molecule has 0 amide bonds. The summed E-state index contributed by atoms with van der Waals surface area (Å²) in [4.78, 5) is 12.8. The molecule has 3 heterocycles. The maximum atomic E-state index is 11.6. The van der Waals surface area contributed by atoms with Crippen LogP contribution in [0.4, 0.5) is 17.6 Å². The summed E-state index contributed by atoms with van der Waals surface area (Å²) in [6.07, 6.45) is 1.98. The van der Waals surface area contributed by atoms with Crippen molar-refractivity contribution in [3.63, 3.8) is 0 Å². The summed E-state index contributed by atoms with van der Waals surface area (Å²) in [5.41, 5.74) is 7.92. The lowest BCUT2D eigenvalue weighted by atomic mass is 10.1. The van der Waals surface area contributed by atoms with E-state index in [4.69, 9.17) is 10.2 Å². The summed E-state index contributed by atoms with van der Waals surface area (Å²) >= 11 is 1.29. The van der Waals surface area contributed by atoms with Crippen LogP contribution >= 0.6 is 11.8 Å². The van der Waals surface area contributed by atoms with E-state index >= 15 is 0 Å². The Balaban J connectivity index is 1.38. The van der Waals surface area contributed by atoms with E-state index in [-0.39, 0.29) is 23.4 Å². The molecular formula is C19H23N7O3S2. The molecule has 1 saturated heterocycles. The van der Waals surface area contributed by atoms with E-state index in [0.29, 0.717) is 41.5 Å². The number of rotatable bonds is 8. The maximum absolute atomic E-state index is 11.6. The Kier molecular flexibility index (Phi) is 6.37. The average Bonchev–Trinajstić information content (AvgIpc) is 3.32. The van der Waals surface area contributed by atoms with Gasteiger partial charge in [0.15, 0.2) is 9.84 Å². The van der Waals surface area contributed by atoms with Gasteiger partial charge in [0, 0.05) is 12.1 Å². The predicted molar refractivity (Wildman–Crippen MR) is 118 cm³/mol. The number of nitrogens with one attached hydrogen (secondary N) is 1. The summed E-state index contributed by atoms with van der Waals surface area (Å²) in [5, 5.41) is 11.6. The van der Waals surface area contributed by atoms with Crippen molar-refractivity contribution in [2.24, 2.45) is 5.92 Å². The molecule has 0 spiro atoms. The van der Waals surface area contributed by atoms with Crippen molar-refractivity contribution in [3.8, 4) is 0 Å². The summed E-state index contributed by atoms with van der Waals surface area (Å²) in [6.45, 7) is 2.08. The first-order valence-electron chi connectivity index (χ1n) is 9.91. The molecule has 0 aliphatic carbocycles. The number of hydrogen-bond acceptors (Lipinski definition) is 11. The van der Waals surface area contributed by atoms with Crippen molar-refractivity contribution >= 4 is 39.2 Å². The van der Waals surface area contributed by atoms with E-state index in [2.05, 4.69) is 37.4 Å². The number of nitrogens with two attached hydrogens (primary N) is 1. The van der Waals surface area contributed by atoms with Crippen molar-refractivity contribution in [1.29, 1.82) is 0 Å². The largest absolute Gasteiger partial charge is 0.416 e. The van der Waals surface area contributed by atoms with Gasteiger partial charge < -0.3 is 15.5 Å². The lowest BCUT2D eigenvalue weighted by molar-refractivity contribution is 0.389. The van der Waals surface area contributed by atoms with E-state index in [1.54, 1.807) is 0 Å². The molecule has 12 heteroatoms. The van der Waals surface area contributed by atoms with Gasteiger partial charge in [-0.25, -0.2) is 8.42 Å². The van der Waals surface area contributed by atoms with Crippen LogP contribution in [0.15, 0.2) is 33.9 Å². The number of para-hydroxylation sites is 1. The molecule has 0 unspecified atom stereocenters. The Morgan fingerprint density at radius 3 is 2.84 bits per heavy atom. The van der Waals surface area contributed by atoms with E-state index in [0.717, 1.165) is 17.7 Å². The fourth-order valence-corrected chi connectivity index (χ4v) is 5.91. The topological polar surface area (TPSA) is 150 Å². The highest BCUT2D eigenvalue weighted by Crippen LogP contribution is 2.26. The Hall–Kier alpha value is -2.73. The molecular weight excluding hydrogens is 438 g/mol. The quantitative estimate of drug-likeness (QED) is 0.476. The van der Waals surface area contributed by atoms with Crippen LogP contribution in [0.1, 0.15) is 30.6 Å². The Morgan fingerprint density at radius 2 is 2.06 bits per heavy atom. The number of sulfone groups is 1. The highest BCUT2D eigenvalue weighted by molar-refractivity contribution is 7.98. The van der Waals surface area contributed by atoms with Gasteiger partial charge in [-0.15, -0.1) is 10.2 Å². The van der Waals surface area contributed by atoms with Crippen molar-refractivity contribution in [2.45, 2.75) is 37.2 Å². The van der Waals surface area contributed by atoms with Crippen LogP contribution in [0.5, 0.6) is 0 Å².